The number of para-hydroxylation sites is 1. The smallest absolute Gasteiger partial charge is 0.255 e. The van der Waals surface area contributed by atoms with E-state index in [1.54, 1.807) is 12.4 Å². The van der Waals surface area contributed by atoms with Crippen LogP contribution in [0.1, 0.15) is 28.8 Å². The Balaban J connectivity index is 1.32. The van der Waals surface area contributed by atoms with Gasteiger partial charge in [-0.05, 0) is 42.0 Å². The number of nitrogens with one attached hydrogen (secondary N) is 1. The van der Waals surface area contributed by atoms with Gasteiger partial charge in [0.15, 0.2) is 0 Å². The van der Waals surface area contributed by atoms with Crippen molar-refractivity contribution in [2.24, 2.45) is 0 Å². The Morgan fingerprint density at radius 2 is 1.91 bits per heavy atom. The summed E-state index contributed by atoms with van der Waals surface area (Å²) in [5, 5.41) is 1.12. The Labute approximate surface area is 184 Å². The first kappa shape index (κ1) is 19.1. The lowest BCUT2D eigenvalue weighted by Gasteiger charge is -2.28. The molecule has 0 bridgehead atoms. The molecule has 3 aromatic heterocycles. The van der Waals surface area contributed by atoms with Gasteiger partial charge in [0.1, 0.15) is 5.82 Å². The van der Waals surface area contributed by atoms with Crippen LogP contribution < -0.4 is 11.1 Å². The van der Waals surface area contributed by atoms with E-state index < -0.39 is 0 Å². The van der Waals surface area contributed by atoms with Gasteiger partial charge in [-0.15, -0.1) is 0 Å². The summed E-state index contributed by atoms with van der Waals surface area (Å²) in [7, 11) is 0. The Morgan fingerprint density at radius 3 is 2.78 bits per heavy atom. The quantitative estimate of drug-likeness (QED) is 0.546. The van der Waals surface area contributed by atoms with Gasteiger partial charge in [-0.25, -0.2) is 4.98 Å². The number of benzene rings is 1. The molecule has 0 fully saturated rings. The van der Waals surface area contributed by atoms with E-state index in [4.69, 9.17) is 4.98 Å². The highest BCUT2D eigenvalue weighted by Crippen LogP contribution is 2.25. The van der Waals surface area contributed by atoms with Gasteiger partial charge in [0, 0.05) is 56.1 Å². The van der Waals surface area contributed by atoms with Crippen molar-refractivity contribution in [3.8, 4) is 11.4 Å². The predicted octanol–water partition coefficient (Wildman–Crippen LogP) is 2.65. The number of pyridine rings is 2. The van der Waals surface area contributed by atoms with Crippen molar-refractivity contribution in [2.45, 2.75) is 38.9 Å². The number of H-pyrrole nitrogens is 1. The van der Waals surface area contributed by atoms with Crippen LogP contribution >= 0.6 is 0 Å². The zero-order chi connectivity index (χ0) is 21.7. The highest BCUT2D eigenvalue weighted by Gasteiger charge is 2.23. The van der Waals surface area contributed by atoms with Crippen molar-refractivity contribution >= 4 is 10.9 Å². The molecular weight excluding hydrogens is 402 g/mol. The maximum atomic E-state index is 13.2. The van der Waals surface area contributed by atoms with Crippen LogP contribution in [0, 0.1) is 0 Å². The minimum absolute atomic E-state index is 0.0931. The summed E-state index contributed by atoms with van der Waals surface area (Å²) in [4.78, 5) is 39.9. The molecule has 0 spiro atoms. The first-order valence-electron chi connectivity index (χ1n) is 11.1. The third-order valence-electron chi connectivity index (χ3n) is 6.59. The Morgan fingerprint density at radius 1 is 1.03 bits per heavy atom. The van der Waals surface area contributed by atoms with Crippen LogP contribution in [0.15, 0.2) is 58.4 Å². The fraction of sp³-hybridized carbons (Fsp3) is 0.280. The number of rotatable bonds is 3. The molecule has 0 radical (unpaired) electrons. The molecule has 1 N–H and O–H groups in total. The number of aryl methyl sites for hydroxylation is 2. The van der Waals surface area contributed by atoms with Crippen LogP contribution in [-0.2, 0) is 32.5 Å². The molecular formula is C25H23N5O2. The van der Waals surface area contributed by atoms with Gasteiger partial charge in [0.25, 0.3) is 11.1 Å². The topological polar surface area (TPSA) is 83.9 Å². The summed E-state index contributed by atoms with van der Waals surface area (Å²) in [6.45, 7) is 2.55. The fourth-order valence-electron chi connectivity index (χ4n) is 5.04. The number of fused-ring (bicyclic) bond motifs is 1. The highest BCUT2D eigenvalue weighted by atomic mass is 16.1. The SMILES string of the molecule is O=c1[nH]c(-c2ccncc2)nc2c1CN(Cc1cc3cccc4c3n(c1=O)CCC4)CC2. The van der Waals surface area contributed by atoms with Crippen molar-refractivity contribution in [1.29, 1.82) is 0 Å². The molecule has 6 rings (SSSR count). The summed E-state index contributed by atoms with van der Waals surface area (Å²) < 4.78 is 1.94. The van der Waals surface area contributed by atoms with E-state index in [2.05, 4.69) is 33.1 Å². The normalized spacial score (nSPS) is 15.6. The van der Waals surface area contributed by atoms with Gasteiger partial charge in [0.05, 0.1) is 16.8 Å². The standard InChI is InChI=1S/C25H23N5O2/c31-24-20-15-29(12-8-21(20)27-23(28-24)17-6-9-26-10-7-17)14-19-13-18-4-1-3-16-5-2-11-30(22(16)18)25(19)32/h1,3-4,6-7,9-10,13H,2,5,8,11-12,14-15H2,(H,27,28,31). The van der Waals surface area contributed by atoms with Crippen LogP contribution in [0.2, 0.25) is 0 Å². The molecule has 0 saturated heterocycles. The average Bonchev–Trinajstić information content (AvgIpc) is 2.83. The number of nitrogens with zero attached hydrogens (tertiary/aromatic N) is 4. The molecule has 2 aliphatic heterocycles. The van der Waals surface area contributed by atoms with E-state index in [-0.39, 0.29) is 11.1 Å². The van der Waals surface area contributed by atoms with Crippen LogP contribution in [0.4, 0.5) is 0 Å². The van der Waals surface area contributed by atoms with Gasteiger partial charge < -0.3 is 9.55 Å². The molecule has 160 valence electrons. The number of aromatic amines is 1. The number of hydrogen-bond acceptors (Lipinski definition) is 5. The molecule has 4 aromatic rings. The summed E-state index contributed by atoms with van der Waals surface area (Å²) in [6.07, 6.45) is 6.08. The highest BCUT2D eigenvalue weighted by molar-refractivity contribution is 5.83. The fourth-order valence-corrected chi connectivity index (χ4v) is 5.04. The average molecular weight is 425 g/mol. The van der Waals surface area contributed by atoms with Crippen molar-refractivity contribution in [1.82, 2.24) is 24.4 Å². The lowest BCUT2D eigenvalue weighted by Crippen LogP contribution is -2.37. The Hall–Kier alpha value is -3.58. The monoisotopic (exact) mass is 425 g/mol. The molecule has 1 aromatic carbocycles. The zero-order valence-corrected chi connectivity index (χ0v) is 17.7. The maximum absolute atomic E-state index is 13.2. The second-order valence-corrected chi connectivity index (χ2v) is 8.62. The van der Waals surface area contributed by atoms with Gasteiger partial charge in [0.2, 0.25) is 0 Å². The van der Waals surface area contributed by atoms with Gasteiger partial charge in [-0.1, -0.05) is 18.2 Å². The third kappa shape index (κ3) is 3.17. The van der Waals surface area contributed by atoms with Crippen molar-refractivity contribution in [3.63, 3.8) is 0 Å². The van der Waals surface area contributed by atoms with Crippen LogP contribution in [0.25, 0.3) is 22.3 Å². The van der Waals surface area contributed by atoms with Crippen LogP contribution in [0.3, 0.4) is 0 Å². The van der Waals surface area contributed by atoms with E-state index >= 15 is 0 Å². The lowest BCUT2D eigenvalue weighted by molar-refractivity contribution is 0.240. The Bertz CT molecular complexity index is 1460. The first-order valence-corrected chi connectivity index (χ1v) is 11.1. The maximum Gasteiger partial charge on any atom is 0.255 e. The third-order valence-corrected chi connectivity index (χ3v) is 6.59. The van der Waals surface area contributed by atoms with Gasteiger partial charge >= 0.3 is 0 Å². The summed E-state index contributed by atoms with van der Waals surface area (Å²) in [6, 6.07) is 12.0. The molecule has 0 unspecified atom stereocenters. The second-order valence-electron chi connectivity index (χ2n) is 8.62. The minimum atomic E-state index is -0.110. The molecule has 7 heteroatoms. The molecule has 0 saturated carbocycles. The minimum Gasteiger partial charge on any atom is -0.308 e. The van der Waals surface area contributed by atoms with Gasteiger partial charge in [-0.3, -0.25) is 19.5 Å². The number of hydrogen-bond donors (Lipinski definition) is 1. The van der Waals surface area contributed by atoms with Crippen LogP contribution in [0.5, 0.6) is 0 Å². The largest absolute Gasteiger partial charge is 0.308 e. The van der Waals surface area contributed by atoms with E-state index in [9.17, 15) is 9.59 Å². The Kier molecular flexibility index (Phi) is 4.50. The van der Waals surface area contributed by atoms with E-state index in [1.165, 1.54) is 5.56 Å². The molecule has 32 heavy (non-hydrogen) atoms. The predicted molar refractivity (Wildman–Crippen MR) is 122 cm³/mol. The second kappa shape index (κ2) is 7.53. The van der Waals surface area contributed by atoms with E-state index in [0.29, 0.717) is 30.9 Å². The molecule has 5 heterocycles. The molecule has 0 aliphatic carbocycles. The summed E-state index contributed by atoms with van der Waals surface area (Å²) in [5.74, 6) is 0.576. The van der Waals surface area contributed by atoms with Gasteiger partial charge in [-0.2, -0.15) is 0 Å². The lowest BCUT2D eigenvalue weighted by atomic mass is 9.99. The first-order chi connectivity index (χ1) is 15.7. The molecule has 0 atom stereocenters. The van der Waals surface area contributed by atoms with Crippen LogP contribution in [-0.4, -0.2) is 31.0 Å². The van der Waals surface area contributed by atoms with Crippen molar-refractivity contribution in [3.05, 3.63) is 91.9 Å². The van der Waals surface area contributed by atoms with E-state index in [0.717, 1.165) is 53.7 Å². The summed E-state index contributed by atoms with van der Waals surface area (Å²) in [5.41, 5.74) is 5.49. The van der Waals surface area contributed by atoms with Crippen molar-refractivity contribution in [2.75, 3.05) is 6.54 Å². The molecule has 0 amide bonds. The van der Waals surface area contributed by atoms with Crippen molar-refractivity contribution < 1.29 is 0 Å². The van der Waals surface area contributed by atoms with E-state index in [1.807, 2.05) is 22.8 Å². The summed E-state index contributed by atoms with van der Waals surface area (Å²) >= 11 is 0. The number of aromatic nitrogens is 4. The zero-order valence-electron chi connectivity index (χ0n) is 17.7. The molecule has 7 nitrogen and oxygen atoms in total. The molecule has 2 aliphatic rings.